The van der Waals surface area contributed by atoms with Gasteiger partial charge in [0.25, 0.3) is 5.91 Å². The van der Waals surface area contributed by atoms with E-state index in [0.29, 0.717) is 11.5 Å². The summed E-state index contributed by atoms with van der Waals surface area (Å²) in [5.41, 5.74) is 1.48. The first-order chi connectivity index (χ1) is 10.5. The fourth-order valence-corrected chi connectivity index (χ4v) is 2.49. The molecule has 0 bridgehead atoms. The van der Waals surface area contributed by atoms with Crippen LogP contribution in [0, 0.1) is 5.92 Å². The molecule has 1 heterocycles. The van der Waals surface area contributed by atoms with Gasteiger partial charge in [-0.15, -0.1) is 0 Å². The van der Waals surface area contributed by atoms with Crippen LogP contribution < -0.4 is 5.32 Å². The number of hydrogen-bond acceptors (Lipinski definition) is 3. The van der Waals surface area contributed by atoms with E-state index in [1.54, 1.807) is 14.1 Å². The van der Waals surface area contributed by atoms with E-state index >= 15 is 0 Å². The molecule has 1 aromatic carbocycles. The lowest BCUT2D eigenvalue weighted by molar-refractivity contribution is -0.126. The summed E-state index contributed by atoms with van der Waals surface area (Å²) in [5, 5.41) is 3.07. The number of likely N-dealkylation sites (tertiary alicyclic amines) is 1. The zero-order valence-corrected chi connectivity index (χ0v) is 13.6. The highest BCUT2D eigenvalue weighted by molar-refractivity contribution is 5.95. The number of hydrogen-bond donors (Lipinski definition) is 1. The van der Waals surface area contributed by atoms with Crippen LogP contribution in [0.1, 0.15) is 30.1 Å². The maximum Gasteiger partial charge on any atom is 0.253 e. The van der Waals surface area contributed by atoms with Gasteiger partial charge in [-0.05, 0) is 37.0 Å². The first-order valence-corrected chi connectivity index (χ1v) is 7.80. The maximum absolute atomic E-state index is 12.5. The van der Waals surface area contributed by atoms with Crippen LogP contribution in [0.15, 0.2) is 24.3 Å². The summed E-state index contributed by atoms with van der Waals surface area (Å²) in [7, 11) is 3.45. The molecule has 0 aliphatic carbocycles. The molecule has 0 atom stereocenters. The number of nitrogens with zero attached hydrogens (tertiary/aromatic N) is 2. The normalized spacial score (nSPS) is 15.5. The van der Waals surface area contributed by atoms with E-state index in [0.717, 1.165) is 31.6 Å². The highest BCUT2D eigenvalue weighted by Crippen LogP contribution is 2.19. The third-order valence-electron chi connectivity index (χ3n) is 4.12. The molecular weight excluding hydrogens is 278 g/mol. The first kappa shape index (κ1) is 16.3. The Morgan fingerprint density at radius 3 is 2.59 bits per heavy atom. The second kappa shape index (κ2) is 7.29. The number of piperidine rings is 1. The Morgan fingerprint density at radius 1 is 1.27 bits per heavy atom. The molecule has 22 heavy (non-hydrogen) atoms. The molecule has 1 fully saturated rings. The summed E-state index contributed by atoms with van der Waals surface area (Å²) in [6, 6.07) is 7.38. The molecule has 2 rings (SSSR count). The van der Waals surface area contributed by atoms with Crippen LogP contribution in [0.4, 0.5) is 5.69 Å². The summed E-state index contributed by atoms with van der Waals surface area (Å²) in [5.74, 6) is 0.783. The van der Waals surface area contributed by atoms with Crippen molar-refractivity contribution in [1.29, 1.82) is 0 Å². The highest BCUT2D eigenvalue weighted by Gasteiger charge is 2.21. The van der Waals surface area contributed by atoms with Gasteiger partial charge in [0, 0.05) is 38.4 Å². The molecule has 0 radical (unpaired) electrons. The number of benzene rings is 1. The maximum atomic E-state index is 12.5. The molecule has 1 aliphatic rings. The Labute approximate surface area is 132 Å². The average Bonchev–Trinajstić information content (AvgIpc) is 2.52. The minimum atomic E-state index is 0.00162. The molecule has 1 aliphatic heterocycles. The van der Waals surface area contributed by atoms with Crippen molar-refractivity contribution in [2.24, 2.45) is 5.92 Å². The monoisotopic (exact) mass is 303 g/mol. The highest BCUT2D eigenvalue weighted by atomic mass is 16.2. The molecule has 5 heteroatoms. The summed E-state index contributed by atoms with van der Waals surface area (Å²) >= 11 is 0. The van der Waals surface area contributed by atoms with Gasteiger partial charge in [-0.3, -0.25) is 9.59 Å². The van der Waals surface area contributed by atoms with E-state index < -0.39 is 0 Å². The Balaban J connectivity index is 1.98. The van der Waals surface area contributed by atoms with Crippen LogP contribution in [0.25, 0.3) is 0 Å². The minimum Gasteiger partial charge on any atom is -0.376 e. The zero-order chi connectivity index (χ0) is 16.1. The number of carbonyl (C=O) groups excluding carboxylic acids is 2. The molecule has 0 spiro atoms. The number of rotatable bonds is 4. The van der Waals surface area contributed by atoms with Crippen LogP contribution in [-0.4, -0.2) is 55.3 Å². The molecule has 1 N–H and O–H groups in total. The SMILES string of the molecule is CC1CCN(C(=O)c2cccc(NCC(=O)N(C)C)c2)CC1. The Morgan fingerprint density at radius 2 is 1.95 bits per heavy atom. The van der Waals surface area contributed by atoms with Crippen LogP contribution in [0.5, 0.6) is 0 Å². The van der Waals surface area contributed by atoms with Crippen molar-refractivity contribution < 1.29 is 9.59 Å². The minimum absolute atomic E-state index is 0.00162. The average molecular weight is 303 g/mol. The van der Waals surface area contributed by atoms with Crippen LogP contribution in [0.2, 0.25) is 0 Å². The summed E-state index contributed by atoms with van der Waals surface area (Å²) < 4.78 is 0. The number of carbonyl (C=O) groups is 2. The fourth-order valence-electron chi connectivity index (χ4n) is 2.49. The molecule has 120 valence electrons. The lowest BCUT2D eigenvalue weighted by Crippen LogP contribution is -2.37. The second-order valence-corrected chi connectivity index (χ2v) is 6.20. The van der Waals surface area contributed by atoms with E-state index in [4.69, 9.17) is 0 Å². The van der Waals surface area contributed by atoms with Crippen molar-refractivity contribution in [2.45, 2.75) is 19.8 Å². The fraction of sp³-hybridized carbons (Fsp3) is 0.529. The quantitative estimate of drug-likeness (QED) is 0.926. The van der Waals surface area contributed by atoms with Gasteiger partial charge in [0.05, 0.1) is 6.54 Å². The lowest BCUT2D eigenvalue weighted by Gasteiger charge is -2.30. The van der Waals surface area contributed by atoms with Crippen LogP contribution in [-0.2, 0) is 4.79 Å². The van der Waals surface area contributed by atoms with E-state index in [9.17, 15) is 9.59 Å². The summed E-state index contributed by atoms with van der Waals surface area (Å²) in [6.07, 6.45) is 2.14. The summed E-state index contributed by atoms with van der Waals surface area (Å²) in [4.78, 5) is 27.6. The number of likely N-dealkylation sites (N-methyl/N-ethyl adjacent to an activating group) is 1. The van der Waals surface area contributed by atoms with E-state index in [1.807, 2.05) is 29.2 Å². The van der Waals surface area contributed by atoms with Gasteiger partial charge in [0.2, 0.25) is 5.91 Å². The van der Waals surface area contributed by atoms with Gasteiger partial charge < -0.3 is 15.1 Å². The van der Waals surface area contributed by atoms with Crippen molar-refractivity contribution in [3.8, 4) is 0 Å². The Kier molecular flexibility index (Phi) is 5.41. The molecule has 1 saturated heterocycles. The van der Waals surface area contributed by atoms with E-state index in [1.165, 1.54) is 4.90 Å². The Hall–Kier alpha value is -2.04. The van der Waals surface area contributed by atoms with Gasteiger partial charge in [0.15, 0.2) is 0 Å². The molecule has 1 aromatic rings. The molecule has 2 amide bonds. The van der Waals surface area contributed by atoms with Gasteiger partial charge in [-0.1, -0.05) is 13.0 Å². The third-order valence-corrected chi connectivity index (χ3v) is 4.12. The van der Waals surface area contributed by atoms with Crippen molar-refractivity contribution in [1.82, 2.24) is 9.80 Å². The Bertz CT molecular complexity index is 534. The predicted octanol–water partition coefficient (Wildman–Crippen LogP) is 2.06. The molecule has 0 aromatic heterocycles. The lowest BCUT2D eigenvalue weighted by atomic mass is 9.98. The molecular formula is C17H25N3O2. The number of anilines is 1. The van der Waals surface area contributed by atoms with E-state index in [-0.39, 0.29) is 18.4 Å². The standard InChI is InChI=1S/C17H25N3O2/c1-13-7-9-20(10-8-13)17(22)14-5-4-6-15(11-14)18-12-16(21)19(2)3/h4-6,11,13,18H,7-10,12H2,1-3H3. The van der Waals surface area contributed by atoms with Crippen LogP contribution in [0.3, 0.4) is 0 Å². The van der Waals surface area contributed by atoms with E-state index in [2.05, 4.69) is 12.2 Å². The third kappa shape index (κ3) is 4.23. The molecule has 0 saturated carbocycles. The van der Waals surface area contributed by atoms with Gasteiger partial charge >= 0.3 is 0 Å². The second-order valence-electron chi connectivity index (χ2n) is 6.20. The smallest absolute Gasteiger partial charge is 0.253 e. The van der Waals surface area contributed by atoms with Gasteiger partial charge in [0.1, 0.15) is 0 Å². The number of nitrogens with one attached hydrogen (secondary N) is 1. The van der Waals surface area contributed by atoms with Crippen molar-refractivity contribution in [2.75, 3.05) is 39.0 Å². The van der Waals surface area contributed by atoms with Crippen molar-refractivity contribution >= 4 is 17.5 Å². The van der Waals surface area contributed by atoms with Gasteiger partial charge in [-0.25, -0.2) is 0 Å². The molecule has 5 nitrogen and oxygen atoms in total. The predicted molar refractivity (Wildman–Crippen MR) is 87.9 cm³/mol. The molecule has 0 unspecified atom stereocenters. The summed E-state index contributed by atoms with van der Waals surface area (Å²) in [6.45, 7) is 4.12. The van der Waals surface area contributed by atoms with Crippen LogP contribution >= 0.6 is 0 Å². The topological polar surface area (TPSA) is 52.7 Å². The number of amides is 2. The van der Waals surface area contributed by atoms with Crippen molar-refractivity contribution in [3.63, 3.8) is 0 Å². The first-order valence-electron chi connectivity index (χ1n) is 7.80. The zero-order valence-electron chi connectivity index (χ0n) is 13.6. The van der Waals surface area contributed by atoms with Crippen molar-refractivity contribution in [3.05, 3.63) is 29.8 Å². The largest absolute Gasteiger partial charge is 0.376 e. The van der Waals surface area contributed by atoms with Gasteiger partial charge in [-0.2, -0.15) is 0 Å².